The number of thioether (sulfide) groups is 1. The average Bonchev–Trinajstić information content (AvgIpc) is 1.05. The fourth-order valence-electron chi connectivity index (χ4n) is 20.4. The van der Waals surface area contributed by atoms with Crippen molar-refractivity contribution in [3.63, 3.8) is 0 Å². The largest absolute Gasteiger partial charge is 0.379 e. The van der Waals surface area contributed by atoms with E-state index >= 15 is 9.59 Å². The minimum Gasteiger partial charge on any atom is -0.379 e. The number of ether oxygens (including phenoxy) is 3. The van der Waals surface area contributed by atoms with Gasteiger partial charge in [0.05, 0.1) is 44.1 Å². The number of nitrogens with zero attached hydrogens (tertiary/aromatic N) is 11. The molecule has 432 valence electrons. The van der Waals surface area contributed by atoms with E-state index in [1.165, 1.54) is 12.8 Å². The molecule has 0 aromatic rings. The van der Waals surface area contributed by atoms with E-state index in [0.717, 1.165) is 148 Å². The van der Waals surface area contributed by atoms with Crippen molar-refractivity contribution >= 4 is 42.0 Å². The van der Waals surface area contributed by atoms with Gasteiger partial charge in [0, 0.05) is 131 Å². The molecule has 12 saturated heterocycles. The number of carbonyl (C=O) groups is 2. The second-order valence-electron chi connectivity index (χ2n) is 25.2. The highest BCUT2D eigenvalue weighted by molar-refractivity contribution is 8.01. The first-order chi connectivity index (χ1) is 38.6. The lowest BCUT2D eigenvalue weighted by Crippen LogP contribution is -3.15. The highest BCUT2D eigenvalue weighted by atomic mass is 32.2. The van der Waals surface area contributed by atoms with Gasteiger partial charge in [0.15, 0.2) is 11.1 Å². The fourth-order valence-corrected chi connectivity index (χ4v) is 23.6. The summed E-state index contributed by atoms with van der Waals surface area (Å²) in [4.78, 5) is 67.8. The molecule has 1 saturated carbocycles. The average molecular weight is 1120 g/mol. The number of aliphatic imine (C=N–C) groups is 1. The molecule has 13 fully saturated rings. The van der Waals surface area contributed by atoms with Crippen LogP contribution in [0.4, 0.5) is 0 Å². The minimum atomic E-state index is -1.61. The molecule has 15 rings (SSSR count). The van der Waals surface area contributed by atoms with E-state index in [2.05, 4.69) is 90.6 Å². The van der Waals surface area contributed by atoms with Gasteiger partial charge in [0.1, 0.15) is 33.4 Å². The summed E-state index contributed by atoms with van der Waals surface area (Å²) in [6.45, 7) is 17.7. The van der Waals surface area contributed by atoms with E-state index < -0.39 is 44.5 Å². The van der Waals surface area contributed by atoms with Crippen molar-refractivity contribution in [2.45, 2.75) is 152 Å². The summed E-state index contributed by atoms with van der Waals surface area (Å²) in [6, 6.07) is 0.0727. The molecule has 78 heavy (non-hydrogen) atoms. The van der Waals surface area contributed by atoms with E-state index in [1.54, 1.807) is 12.0 Å². The van der Waals surface area contributed by atoms with E-state index in [0.29, 0.717) is 98.4 Å². The Balaban J connectivity index is 1.26. The zero-order valence-corrected chi connectivity index (χ0v) is 48.1. The van der Waals surface area contributed by atoms with E-state index in [9.17, 15) is 0 Å². The third-order valence-corrected chi connectivity index (χ3v) is 25.3. The van der Waals surface area contributed by atoms with Crippen LogP contribution in [0, 0.1) is 0 Å². The molecule has 0 aromatic carbocycles. The Morgan fingerprint density at radius 1 is 0.603 bits per heavy atom. The van der Waals surface area contributed by atoms with Crippen LogP contribution in [0.2, 0.25) is 0 Å². The van der Waals surface area contributed by atoms with Gasteiger partial charge < -0.3 is 38.8 Å². The van der Waals surface area contributed by atoms with Crippen LogP contribution in [0.25, 0.3) is 0 Å². The first-order valence-corrected chi connectivity index (χ1v) is 33.1. The number of hydrogen-bond donors (Lipinski definition) is 3. The molecule has 20 nitrogen and oxygen atoms in total. The summed E-state index contributed by atoms with van der Waals surface area (Å²) in [7, 11) is 0. The molecule has 15 aliphatic rings. The van der Waals surface area contributed by atoms with Crippen LogP contribution in [0.5, 0.6) is 0 Å². The standard InChI is InChI=1S/C56H90N14O6S2/c71-48-52(67-32-19-58-42-67)51(46-14-38-76-78-46,69-29-10-16-60-69)55(68-33-20-59-43-68,54(64-23-7-8-24-64)44(15-41-77-54)61-21-5-6-22-61)50(45-13-37-74-45,62-30-17-57-18-31-62)56(66-27-11-28-66,65-25-3-1-4-26-65)53(52,63-34-39-73-40-35-63)49(72)70(48)47-12-2-9-36-75-47/h7,23,43-47,57-58,60H,1-6,8-22,24-42H2. The summed E-state index contributed by atoms with van der Waals surface area (Å²) in [5.74, 6) is 0.863. The van der Waals surface area contributed by atoms with Crippen molar-refractivity contribution in [1.29, 1.82) is 0 Å². The summed E-state index contributed by atoms with van der Waals surface area (Å²) in [5.41, 5.74) is -3.50. The lowest BCUT2D eigenvalue weighted by Gasteiger charge is -2.90. The summed E-state index contributed by atoms with van der Waals surface area (Å²) in [5, 5.41) is 10.3. The molecule has 0 radical (unpaired) electrons. The lowest BCUT2D eigenvalue weighted by atomic mass is 9.33. The summed E-state index contributed by atoms with van der Waals surface area (Å²) in [6.07, 6.45) is 19.7. The quantitative estimate of drug-likeness (QED) is 0.177. The Labute approximate surface area is 471 Å². The van der Waals surface area contributed by atoms with Gasteiger partial charge in [-0.2, -0.15) is 0 Å². The predicted octanol–water partition coefficient (Wildman–Crippen LogP) is 0.875. The zero-order valence-electron chi connectivity index (χ0n) is 46.5. The number of hydrogen-bond acceptors (Lipinski definition) is 21. The molecule has 22 heteroatoms. The van der Waals surface area contributed by atoms with Crippen molar-refractivity contribution in [1.82, 2.24) is 65.2 Å². The summed E-state index contributed by atoms with van der Waals surface area (Å²) < 4.78 is 28.7. The van der Waals surface area contributed by atoms with Gasteiger partial charge in [-0.3, -0.25) is 54.3 Å². The second-order valence-corrected chi connectivity index (χ2v) is 27.5. The van der Waals surface area contributed by atoms with Crippen molar-refractivity contribution in [2.24, 2.45) is 4.99 Å². The Kier molecular flexibility index (Phi) is 14.2. The summed E-state index contributed by atoms with van der Waals surface area (Å²) >= 11 is 3.88. The van der Waals surface area contributed by atoms with Crippen LogP contribution in [-0.4, -0.2) is 299 Å². The van der Waals surface area contributed by atoms with Gasteiger partial charge >= 0.3 is 0 Å². The number of piperazine rings is 1. The lowest BCUT2D eigenvalue weighted by molar-refractivity contribution is -0.398. The molecule has 14 aliphatic heterocycles. The van der Waals surface area contributed by atoms with Crippen LogP contribution in [0.15, 0.2) is 17.3 Å². The van der Waals surface area contributed by atoms with Crippen molar-refractivity contribution in [3.05, 3.63) is 12.3 Å². The van der Waals surface area contributed by atoms with Gasteiger partial charge in [-0.05, 0) is 121 Å². The Bertz CT molecular complexity index is 2260. The number of morpholine rings is 1. The molecule has 11 atom stereocenters. The molecule has 3 N–H and O–H groups in total. The van der Waals surface area contributed by atoms with Crippen LogP contribution in [0.1, 0.15) is 89.9 Å². The van der Waals surface area contributed by atoms with Crippen molar-refractivity contribution < 1.29 is 28.0 Å². The number of amides is 2. The molecular weight excluding hydrogens is 1030 g/mol. The molecule has 11 unspecified atom stereocenters. The molecule has 0 aromatic heterocycles. The maximum atomic E-state index is 19.2. The third-order valence-electron chi connectivity index (χ3n) is 22.5. The molecular formula is C56H90N14O6S2. The number of fused-ring (bicyclic) bond motifs is 1. The first-order valence-electron chi connectivity index (χ1n) is 31.3. The Morgan fingerprint density at radius 3 is 2.00 bits per heavy atom. The SMILES string of the molecule is O=C1N(C2CCCCO2)C(=O)C2(N3CCOCC3)C1(N1CCNC1)C(C1CCOS1)(N1CCCN1)C(N1C=NCC1)(C1(N3C=CCC3)SCCC1N1CCCC1)C(C1CCO1)(N1CCNCC1)C2(N1CCCCC1)N1CCC1. The normalized spacial score (nSPS) is 45.9. The van der Waals surface area contributed by atoms with Crippen molar-refractivity contribution in [3.8, 4) is 0 Å². The predicted molar refractivity (Wildman–Crippen MR) is 300 cm³/mol. The molecule has 1 aliphatic carbocycles. The van der Waals surface area contributed by atoms with Crippen LogP contribution in [-0.2, 0) is 28.0 Å². The third kappa shape index (κ3) is 6.47. The van der Waals surface area contributed by atoms with Crippen LogP contribution in [0.3, 0.4) is 0 Å². The number of nitrogens with one attached hydrogen (secondary N) is 3. The van der Waals surface area contributed by atoms with Crippen LogP contribution < -0.4 is 16.1 Å². The Morgan fingerprint density at radius 2 is 1.37 bits per heavy atom. The highest BCUT2D eigenvalue weighted by Crippen LogP contribution is 2.80. The molecule has 0 bridgehead atoms. The van der Waals surface area contributed by atoms with Crippen LogP contribution >= 0.6 is 23.8 Å². The maximum absolute atomic E-state index is 19.2. The van der Waals surface area contributed by atoms with Crippen molar-refractivity contribution in [2.75, 3.05) is 170 Å². The number of hydrazine groups is 1. The monoisotopic (exact) mass is 1120 g/mol. The molecule has 0 spiro atoms. The topological polar surface area (TPSA) is 152 Å². The number of likely N-dealkylation sites (tertiary alicyclic amines) is 4. The first kappa shape index (κ1) is 53.0. The van der Waals surface area contributed by atoms with Gasteiger partial charge in [0.2, 0.25) is 0 Å². The van der Waals surface area contributed by atoms with Gasteiger partial charge in [-0.15, -0.1) is 11.8 Å². The van der Waals surface area contributed by atoms with Gasteiger partial charge in [-0.1, -0.05) is 12.5 Å². The van der Waals surface area contributed by atoms with E-state index in [-0.39, 0.29) is 29.2 Å². The highest BCUT2D eigenvalue weighted by Gasteiger charge is 3.06. The number of piperidine rings is 1. The van der Waals surface area contributed by atoms with E-state index in [4.69, 9.17) is 23.4 Å². The maximum Gasteiger partial charge on any atom is 0.257 e. The van der Waals surface area contributed by atoms with E-state index in [1.807, 2.05) is 4.90 Å². The number of rotatable bonds is 13. The number of carbonyl (C=O) groups excluding carboxylic acids is 2. The number of imide groups is 1. The second kappa shape index (κ2) is 20.8. The molecule has 2 amide bonds. The fraction of sp³-hybridized carbons (Fsp3) is 0.911. The molecule has 14 heterocycles. The van der Waals surface area contributed by atoms with Gasteiger partial charge in [0.25, 0.3) is 11.8 Å². The minimum absolute atomic E-state index is 0.0500. The zero-order chi connectivity index (χ0) is 52.2. The smallest absolute Gasteiger partial charge is 0.257 e. The van der Waals surface area contributed by atoms with Gasteiger partial charge in [-0.25, -0.2) is 5.01 Å². The Hall–Kier alpha value is -1.71.